The molecule has 0 radical (unpaired) electrons. The Bertz CT molecular complexity index is 1060. The van der Waals surface area contributed by atoms with Gasteiger partial charge in [-0.2, -0.15) is 0 Å². The molecule has 144 valence electrons. The number of likely N-dealkylation sites (N-methyl/N-ethyl adjacent to an activating group) is 1. The minimum atomic E-state index is -0.259. The van der Waals surface area contributed by atoms with Gasteiger partial charge in [-0.25, -0.2) is 4.98 Å². The minimum Gasteiger partial charge on any atom is -0.486 e. The number of ether oxygens (including phenoxy) is 2. The van der Waals surface area contributed by atoms with E-state index < -0.39 is 0 Å². The topological polar surface area (TPSA) is 73.7 Å². The zero-order valence-electron chi connectivity index (χ0n) is 15.6. The number of amides is 1. The van der Waals surface area contributed by atoms with Gasteiger partial charge in [-0.3, -0.25) is 14.2 Å². The second-order valence-corrected chi connectivity index (χ2v) is 6.62. The molecule has 1 aliphatic rings. The Kier molecular flexibility index (Phi) is 4.97. The van der Waals surface area contributed by atoms with Crippen LogP contribution in [0.3, 0.4) is 0 Å². The van der Waals surface area contributed by atoms with Crippen LogP contribution < -0.4 is 15.0 Å². The van der Waals surface area contributed by atoms with Crippen molar-refractivity contribution in [3.05, 3.63) is 65.2 Å². The van der Waals surface area contributed by atoms with Gasteiger partial charge in [-0.1, -0.05) is 24.3 Å². The number of hydrogen-bond donors (Lipinski definition) is 0. The average molecular weight is 379 g/mol. The summed E-state index contributed by atoms with van der Waals surface area (Å²) in [7, 11) is 0. The number of para-hydroxylation sites is 3. The SMILES string of the molecule is CCN(CC1COc2ccccc2O1)C(=O)Cn1cnc2ccccc2c1=O. The van der Waals surface area contributed by atoms with Crippen molar-refractivity contribution in [2.24, 2.45) is 0 Å². The van der Waals surface area contributed by atoms with E-state index in [0.29, 0.717) is 42.1 Å². The van der Waals surface area contributed by atoms with Crippen molar-refractivity contribution in [2.75, 3.05) is 19.7 Å². The van der Waals surface area contributed by atoms with Crippen molar-refractivity contribution in [2.45, 2.75) is 19.6 Å². The van der Waals surface area contributed by atoms with Crippen LogP contribution in [-0.4, -0.2) is 46.2 Å². The zero-order chi connectivity index (χ0) is 19.5. The lowest BCUT2D eigenvalue weighted by Crippen LogP contribution is -2.45. The van der Waals surface area contributed by atoms with Crippen LogP contribution in [0.25, 0.3) is 10.9 Å². The van der Waals surface area contributed by atoms with Crippen molar-refractivity contribution < 1.29 is 14.3 Å². The number of rotatable bonds is 5. The number of hydrogen-bond acceptors (Lipinski definition) is 5. The van der Waals surface area contributed by atoms with Crippen LogP contribution in [0.5, 0.6) is 11.5 Å². The monoisotopic (exact) mass is 379 g/mol. The first kappa shape index (κ1) is 18.0. The van der Waals surface area contributed by atoms with E-state index in [0.717, 1.165) is 0 Å². The Morgan fingerprint density at radius 2 is 1.93 bits per heavy atom. The van der Waals surface area contributed by atoms with Gasteiger partial charge in [0.2, 0.25) is 5.91 Å². The van der Waals surface area contributed by atoms with E-state index >= 15 is 0 Å². The van der Waals surface area contributed by atoms with Crippen molar-refractivity contribution in [1.29, 1.82) is 0 Å². The highest BCUT2D eigenvalue weighted by Crippen LogP contribution is 2.31. The zero-order valence-corrected chi connectivity index (χ0v) is 15.6. The van der Waals surface area contributed by atoms with Crippen molar-refractivity contribution in [3.63, 3.8) is 0 Å². The first-order valence-electron chi connectivity index (χ1n) is 9.26. The summed E-state index contributed by atoms with van der Waals surface area (Å²) in [4.78, 5) is 31.3. The normalized spacial score (nSPS) is 15.4. The highest BCUT2D eigenvalue weighted by Gasteiger charge is 2.25. The third-order valence-electron chi connectivity index (χ3n) is 4.76. The Balaban J connectivity index is 1.46. The van der Waals surface area contributed by atoms with Gasteiger partial charge in [0.25, 0.3) is 5.56 Å². The lowest BCUT2D eigenvalue weighted by molar-refractivity contribution is -0.133. The second kappa shape index (κ2) is 7.72. The molecule has 2 heterocycles. The van der Waals surface area contributed by atoms with Crippen LogP contribution in [0.15, 0.2) is 59.7 Å². The van der Waals surface area contributed by atoms with Gasteiger partial charge < -0.3 is 14.4 Å². The summed E-state index contributed by atoms with van der Waals surface area (Å²) in [5.74, 6) is 1.23. The first-order valence-corrected chi connectivity index (χ1v) is 9.26. The van der Waals surface area contributed by atoms with E-state index in [9.17, 15) is 9.59 Å². The summed E-state index contributed by atoms with van der Waals surface area (Å²) < 4.78 is 13.0. The maximum atomic E-state index is 12.8. The van der Waals surface area contributed by atoms with Crippen LogP contribution in [0.4, 0.5) is 0 Å². The predicted molar refractivity (Wildman–Crippen MR) is 105 cm³/mol. The number of carbonyl (C=O) groups excluding carboxylic acids is 1. The quantitative estimate of drug-likeness (QED) is 0.679. The standard InChI is InChI=1S/C21H21N3O4/c1-2-23(11-15-13-27-18-9-5-6-10-19(18)28-15)20(25)12-24-14-22-17-8-4-3-7-16(17)21(24)26/h3-10,14-15H,2,11-13H2,1H3. The van der Waals surface area contributed by atoms with Crippen molar-refractivity contribution in [3.8, 4) is 11.5 Å². The molecule has 0 saturated carbocycles. The van der Waals surface area contributed by atoms with E-state index in [-0.39, 0.29) is 24.1 Å². The highest BCUT2D eigenvalue weighted by atomic mass is 16.6. The van der Waals surface area contributed by atoms with Gasteiger partial charge in [0.1, 0.15) is 13.2 Å². The maximum absolute atomic E-state index is 12.8. The maximum Gasteiger partial charge on any atom is 0.261 e. The molecule has 0 aliphatic carbocycles. The Morgan fingerprint density at radius 1 is 1.18 bits per heavy atom. The number of benzene rings is 2. The molecule has 7 heteroatoms. The molecule has 1 amide bonds. The van der Waals surface area contributed by atoms with Crippen molar-refractivity contribution >= 4 is 16.8 Å². The van der Waals surface area contributed by atoms with Crippen LogP contribution >= 0.6 is 0 Å². The number of nitrogens with zero attached hydrogens (tertiary/aromatic N) is 3. The van der Waals surface area contributed by atoms with E-state index in [1.807, 2.05) is 37.3 Å². The van der Waals surface area contributed by atoms with Crippen LogP contribution in [0.1, 0.15) is 6.92 Å². The summed E-state index contributed by atoms with van der Waals surface area (Å²) in [5, 5.41) is 0.501. The summed E-state index contributed by atoms with van der Waals surface area (Å²) in [6, 6.07) is 14.6. The lowest BCUT2D eigenvalue weighted by atomic mass is 10.2. The van der Waals surface area contributed by atoms with Crippen LogP contribution in [0, 0.1) is 0 Å². The molecule has 28 heavy (non-hydrogen) atoms. The smallest absolute Gasteiger partial charge is 0.261 e. The molecule has 4 rings (SSSR count). The van der Waals surface area contributed by atoms with E-state index in [1.165, 1.54) is 10.9 Å². The van der Waals surface area contributed by atoms with Gasteiger partial charge in [-0.05, 0) is 31.2 Å². The number of fused-ring (bicyclic) bond motifs is 2. The minimum absolute atomic E-state index is 0.0608. The molecule has 0 bridgehead atoms. The number of aromatic nitrogens is 2. The molecule has 0 fully saturated rings. The molecular formula is C21H21N3O4. The Hall–Kier alpha value is -3.35. The van der Waals surface area contributed by atoms with E-state index in [4.69, 9.17) is 9.47 Å². The predicted octanol–water partition coefficient (Wildman–Crippen LogP) is 2.08. The third kappa shape index (κ3) is 3.55. The van der Waals surface area contributed by atoms with Gasteiger partial charge in [0.15, 0.2) is 17.6 Å². The van der Waals surface area contributed by atoms with Gasteiger partial charge in [0, 0.05) is 6.54 Å². The van der Waals surface area contributed by atoms with Gasteiger partial charge in [-0.15, -0.1) is 0 Å². The van der Waals surface area contributed by atoms with E-state index in [1.54, 1.807) is 23.1 Å². The van der Waals surface area contributed by atoms with Crippen LogP contribution in [0.2, 0.25) is 0 Å². The van der Waals surface area contributed by atoms with E-state index in [2.05, 4.69) is 4.98 Å². The average Bonchev–Trinajstić information content (AvgIpc) is 2.74. The molecule has 1 atom stereocenters. The molecule has 1 aliphatic heterocycles. The molecule has 3 aromatic rings. The van der Waals surface area contributed by atoms with Gasteiger partial charge >= 0.3 is 0 Å². The fourth-order valence-electron chi connectivity index (χ4n) is 3.27. The first-order chi connectivity index (χ1) is 13.7. The molecule has 0 saturated heterocycles. The Morgan fingerprint density at radius 3 is 2.75 bits per heavy atom. The number of carbonyl (C=O) groups is 1. The lowest BCUT2D eigenvalue weighted by Gasteiger charge is -2.31. The van der Waals surface area contributed by atoms with Crippen molar-refractivity contribution in [1.82, 2.24) is 14.5 Å². The molecule has 2 aromatic carbocycles. The molecule has 0 N–H and O–H groups in total. The highest BCUT2D eigenvalue weighted by molar-refractivity contribution is 5.79. The van der Waals surface area contributed by atoms with Gasteiger partial charge in [0.05, 0.1) is 23.8 Å². The molecule has 1 unspecified atom stereocenters. The third-order valence-corrected chi connectivity index (χ3v) is 4.76. The summed E-state index contributed by atoms with van der Waals surface area (Å²) in [6.45, 7) is 3.11. The molecular weight excluding hydrogens is 358 g/mol. The second-order valence-electron chi connectivity index (χ2n) is 6.62. The summed E-state index contributed by atoms with van der Waals surface area (Å²) >= 11 is 0. The summed E-state index contributed by atoms with van der Waals surface area (Å²) in [5.41, 5.74) is 0.399. The molecule has 7 nitrogen and oxygen atoms in total. The van der Waals surface area contributed by atoms with Crippen LogP contribution in [-0.2, 0) is 11.3 Å². The Labute approximate surface area is 162 Å². The fraction of sp³-hybridized carbons (Fsp3) is 0.286. The molecule has 0 spiro atoms. The summed E-state index contributed by atoms with van der Waals surface area (Å²) in [6.07, 6.45) is 1.16. The largest absolute Gasteiger partial charge is 0.486 e. The molecule has 1 aromatic heterocycles. The fourth-order valence-corrected chi connectivity index (χ4v) is 3.27.